The highest BCUT2D eigenvalue weighted by Crippen LogP contribution is 2.44. The highest BCUT2D eigenvalue weighted by atomic mass is 19.4. The van der Waals surface area contributed by atoms with Gasteiger partial charge >= 0.3 is 6.18 Å². The van der Waals surface area contributed by atoms with E-state index in [1.165, 1.54) is 31.4 Å². The Kier molecular flexibility index (Phi) is 3.10. The number of likely N-dealkylation sites (N-methyl/N-ethyl adjacent to an activating group) is 1. The summed E-state index contributed by atoms with van der Waals surface area (Å²) in [5.41, 5.74) is 0.965. The first-order valence-corrected chi connectivity index (χ1v) is 7.11. The van der Waals surface area contributed by atoms with Gasteiger partial charge in [0.05, 0.1) is 22.5 Å². The van der Waals surface area contributed by atoms with E-state index in [1.54, 1.807) is 6.07 Å². The number of hydrogen-bond donors (Lipinski definition) is 1. The average Bonchev–Trinajstić information content (AvgIpc) is 2.43. The van der Waals surface area contributed by atoms with E-state index in [0.29, 0.717) is 5.69 Å². The van der Waals surface area contributed by atoms with Gasteiger partial charge in [-0.25, -0.2) is 0 Å². The second kappa shape index (κ2) is 4.57. The molecule has 1 aliphatic carbocycles. The first kappa shape index (κ1) is 13.6. The maximum Gasteiger partial charge on any atom is 0.416 e. The number of nitrogens with one attached hydrogen (secondary N) is 1. The molecular weight excluding hydrogens is 265 g/mol. The minimum absolute atomic E-state index is 0.0744. The number of halogens is 3. The third kappa shape index (κ3) is 2.13. The van der Waals surface area contributed by atoms with Crippen LogP contribution in [0.2, 0.25) is 0 Å². The number of anilines is 2. The quantitative estimate of drug-likeness (QED) is 0.765. The molecule has 1 aromatic carbocycles. The summed E-state index contributed by atoms with van der Waals surface area (Å²) < 4.78 is 38.3. The maximum absolute atomic E-state index is 12.8. The van der Waals surface area contributed by atoms with Gasteiger partial charge in [-0.15, -0.1) is 0 Å². The Morgan fingerprint density at radius 1 is 1.15 bits per heavy atom. The molecule has 0 unspecified atom stereocenters. The molecule has 2 nitrogen and oxygen atoms in total. The predicted molar refractivity (Wildman–Crippen MR) is 74.2 cm³/mol. The molecular formula is C15H19F3N2. The molecule has 0 atom stereocenters. The monoisotopic (exact) mass is 284 g/mol. The van der Waals surface area contributed by atoms with Crippen LogP contribution in [0.15, 0.2) is 18.2 Å². The molecule has 0 bridgehead atoms. The average molecular weight is 284 g/mol. The molecule has 1 fully saturated rings. The van der Waals surface area contributed by atoms with Crippen molar-refractivity contribution in [3.8, 4) is 0 Å². The number of benzene rings is 1. The van der Waals surface area contributed by atoms with Gasteiger partial charge in [0.25, 0.3) is 0 Å². The van der Waals surface area contributed by atoms with E-state index < -0.39 is 11.7 Å². The Balaban J connectivity index is 1.94. The number of nitrogens with zero attached hydrogens (tertiary/aromatic N) is 1. The van der Waals surface area contributed by atoms with Crippen molar-refractivity contribution in [1.82, 2.24) is 0 Å². The van der Waals surface area contributed by atoms with Gasteiger partial charge in [0.1, 0.15) is 0 Å². The van der Waals surface area contributed by atoms with E-state index >= 15 is 0 Å². The molecule has 2 aliphatic rings. The van der Waals surface area contributed by atoms with Crippen LogP contribution in [-0.2, 0) is 6.18 Å². The smallest absolute Gasteiger partial charge is 0.381 e. The minimum Gasteiger partial charge on any atom is -0.381 e. The zero-order valence-electron chi connectivity index (χ0n) is 11.6. The van der Waals surface area contributed by atoms with Crippen LogP contribution in [0.25, 0.3) is 0 Å². The van der Waals surface area contributed by atoms with Crippen LogP contribution >= 0.6 is 0 Å². The molecule has 20 heavy (non-hydrogen) atoms. The van der Waals surface area contributed by atoms with E-state index in [0.717, 1.165) is 25.1 Å². The van der Waals surface area contributed by atoms with E-state index in [1.807, 2.05) is 7.05 Å². The van der Waals surface area contributed by atoms with Gasteiger partial charge in [-0.1, -0.05) is 19.3 Å². The Bertz CT molecular complexity index is 504. The molecule has 1 spiro atoms. The lowest BCUT2D eigenvalue weighted by molar-refractivity contribution is -0.137. The van der Waals surface area contributed by atoms with Crippen molar-refractivity contribution in [2.24, 2.45) is 0 Å². The molecule has 0 aromatic heterocycles. The minimum atomic E-state index is -4.28. The van der Waals surface area contributed by atoms with Crippen LogP contribution in [-0.4, -0.2) is 19.1 Å². The lowest BCUT2D eigenvalue weighted by Crippen LogP contribution is -2.55. The third-order valence-corrected chi connectivity index (χ3v) is 4.79. The van der Waals surface area contributed by atoms with Crippen molar-refractivity contribution in [3.63, 3.8) is 0 Å². The van der Waals surface area contributed by atoms with Crippen molar-refractivity contribution in [3.05, 3.63) is 23.8 Å². The topological polar surface area (TPSA) is 15.3 Å². The van der Waals surface area contributed by atoms with Crippen molar-refractivity contribution >= 4 is 11.4 Å². The fourth-order valence-electron chi connectivity index (χ4n) is 3.50. The summed E-state index contributed by atoms with van der Waals surface area (Å²) in [7, 11) is 2.01. The Morgan fingerprint density at radius 3 is 2.50 bits per heavy atom. The normalized spacial score (nSPS) is 21.5. The molecule has 3 rings (SSSR count). The van der Waals surface area contributed by atoms with Crippen molar-refractivity contribution in [2.75, 3.05) is 23.8 Å². The van der Waals surface area contributed by atoms with Gasteiger partial charge in [0.2, 0.25) is 0 Å². The Morgan fingerprint density at radius 2 is 1.85 bits per heavy atom. The maximum atomic E-state index is 12.8. The number of fused-ring (bicyclic) bond motifs is 1. The molecule has 1 aromatic rings. The first-order valence-electron chi connectivity index (χ1n) is 7.11. The largest absolute Gasteiger partial charge is 0.416 e. The molecule has 0 saturated heterocycles. The van der Waals surface area contributed by atoms with Crippen LogP contribution in [0, 0.1) is 0 Å². The third-order valence-electron chi connectivity index (χ3n) is 4.79. The fourth-order valence-corrected chi connectivity index (χ4v) is 3.50. The predicted octanol–water partition coefficient (Wildman–Crippen LogP) is 4.27. The van der Waals surface area contributed by atoms with E-state index in [-0.39, 0.29) is 5.54 Å². The van der Waals surface area contributed by atoms with Gasteiger partial charge < -0.3 is 10.2 Å². The molecule has 1 aliphatic heterocycles. The van der Waals surface area contributed by atoms with Gasteiger partial charge in [0.15, 0.2) is 0 Å². The highest BCUT2D eigenvalue weighted by Gasteiger charge is 2.40. The summed E-state index contributed by atoms with van der Waals surface area (Å²) in [6.45, 7) is 0.734. The number of alkyl halides is 3. The number of hydrogen-bond acceptors (Lipinski definition) is 2. The summed E-state index contributed by atoms with van der Waals surface area (Å²) in [6.07, 6.45) is 1.59. The second-order valence-corrected chi connectivity index (χ2v) is 5.93. The van der Waals surface area contributed by atoms with E-state index in [2.05, 4.69) is 10.2 Å². The van der Waals surface area contributed by atoms with Crippen LogP contribution in [0.3, 0.4) is 0 Å². The van der Waals surface area contributed by atoms with E-state index in [4.69, 9.17) is 0 Å². The standard InChI is InChI=1S/C15H19F3N2/c1-20-13-6-5-11(15(16,17)18)9-12(13)19-10-14(20)7-3-2-4-8-14/h5-6,9,19H,2-4,7-8,10H2,1H3. The Hall–Kier alpha value is -1.39. The molecule has 0 radical (unpaired) electrons. The van der Waals surface area contributed by atoms with Crippen LogP contribution in [0.1, 0.15) is 37.7 Å². The first-order chi connectivity index (χ1) is 9.42. The zero-order chi connectivity index (χ0) is 14.4. The molecule has 1 N–H and O–H groups in total. The Labute approximate surface area is 117 Å². The SMILES string of the molecule is CN1c2ccc(C(F)(F)F)cc2NCC12CCCCC2. The highest BCUT2D eigenvalue weighted by molar-refractivity contribution is 5.74. The summed E-state index contributed by atoms with van der Waals surface area (Å²) in [5.74, 6) is 0. The van der Waals surface area contributed by atoms with Crippen LogP contribution in [0.4, 0.5) is 24.5 Å². The zero-order valence-corrected chi connectivity index (χ0v) is 11.6. The molecule has 1 saturated carbocycles. The van der Waals surface area contributed by atoms with Crippen molar-refractivity contribution in [2.45, 2.75) is 43.8 Å². The van der Waals surface area contributed by atoms with Crippen LogP contribution in [0.5, 0.6) is 0 Å². The van der Waals surface area contributed by atoms with Gasteiger partial charge in [-0.3, -0.25) is 0 Å². The molecule has 5 heteroatoms. The summed E-state index contributed by atoms with van der Waals surface area (Å²) >= 11 is 0. The summed E-state index contributed by atoms with van der Waals surface area (Å²) in [4.78, 5) is 2.19. The second-order valence-electron chi connectivity index (χ2n) is 5.93. The van der Waals surface area contributed by atoms with Gasteiger partial charge in [-0.05, 0) is 31.0 Å². The molecule has 110 valence electrons. The van der Waals surface area contributed by atoms with Gasteiger partial charge in [-0.2, -0.15) is 13.2 Å². The van der Waals surface area contributed by atoms with Gasteiger partial charge in [0, 0.05) is 13.6 Å². The molecule has 1 heterocycles. The lowest BCUT2D eigenvalue weighted by Gasteiger charge is -2.50. The molecule has 0 amide bonds. The van der Waals surface area contributed by atoms with Crippen molar-refractivity contribution in [1.29, 1.82) is 0 Å². The summed E-state index contributed by atoms with van der Waals surface area (Å²) in [5, 5.41) is 3.22. The van der Waals surface area contributed by atoms with Crippen molar-refractivity contribution < 1.29 is 13.2 Å². The summed E-state index contributed by atoms with van der Waals surface area (Å²) in [6, 6.07) is 4.00. The fraction of sp³-hybridized carbons (Fsp3) is 0.600. The lowest BCUT2D eigenvalue weighted by atomic mass is 9.79. The van der Waals surface area contributed by atoms with Crippen LogP contribution < -0.4 is 10.2 Å². The van der Waals surface area contributed by atoms with E-state index in [9.17, 15) is 13.2 Å². The number of rotatable bonds is 0.